The number of pyridine rings is 1. The highest BCUT2D eigenvalue weighted by atomic mass is 79.9. The van der Waals surface area contributed by atoms with E-state index in [9.17, 15) is 5.11 Å². The molecule has 2 rings (SSSR count). The standard InChI is InChI=1S/C13H12BrClN2O/c14-9-5-6-13(16-7-9)17-8-12(18)10-3-1-2-4-11(10)15/h1-7,12,18H,8H2,(H,16,17). The van der Waals surface area contributed by atoms with E-state index >= 15 is 0 Å². The molecule has 0 amide bonds. The first kappa shape index (κ1) is 13.3. The van der Waals surface area contributed by atoms with Crippen LogP contribution in [0.3, 0.4) is 0 Å². The Morgan fingerprint density at radius 3 is 2.72 bits per heavy atom. The predicted molar refractivity (Wildman–Crippen MR) is 76.8 cm³/mol. The first-order valence-corrected chi connectivity index (χ1v) is 6.62. The first-order valence-electron chi connectivity index (χ1n) is 5.45. The van der Waals surface area contributed by atoms with Gasteiger partial charge in [-0.05, 0) is 34.1 Å². The third-order valence-corrected chi connectivity index (χ3v) is 3.28. The van der Waals surface area contributed by atoms with Crippen LogP contribution in [0.25, 0.3) is 0 Å². The highest BCUT2D eigenvalue weighted by Gasteiger charge is 2.10. The Bertz CT molecular complexity index is 519. The van der Waals surface area contributed by atoms with E-state index in [-0.39, 0.29) is 0 Å². The molecule has 1 aromatic carbocycles. The van der Waals surface area contributed by atoms with Crippen molar-refractivity contribution in [3.63, 3.8) is 0 Å². The summed E-state index contributed by atoms with van der Waals surface area (Å²) in [5.41, 5.74) is 0.712. The summed E-state index contributed by atoms with van der Waals surface area (Å²) in [7, 11) is 0. The molecule has 1 unspecified atom stereocenters. The molecule has 1 aromatic heterocycles. The van der Waals surface area contributed by atoms with Crippen LogP contribution in [0.5, 0.6) is 0 Å². The van der Waals surface area contributed by atoms with Gasteiger partial charge in [0.05, 0.1) is 6.10 Å². The molecule has 1 heterocycles. The van der Waals surface area contributed by atoms with Gasteiger partial charge in [-0.1, -0.05) is 29.8 Å². The van der Waals surface area contributed by atoms with E-state index in [0.717, 1.165) is 4.47 Å². The Kier molecular flexibility index (Phi) is 4.58. The molecule has 5 heteroatoms. The van der Waals surface area contributed by atoms with Crippen LogP contribution >= 0.6 is 27.5 Å². The van der Waals surface area contributed by atoms with Crippen molar-refractivity contribution in [2.45, 2.75) is 6.10 Å². The monoisotopic (exact) mass is 326 g/mol. The first-order chi connectivity index (χ1) is 8.66. The van der Waals surface area contributed by atoms with Gasteiger partial charge in [0, 0.05) is 27.8 Å². The molecule has 0 saturated carbocycles. The van der Waals surface area contributed by atoms with Gasteiger partial charge in [-0.15, -0.1) is 0 Å². The van der Waals surface area contributed by atoms with Gasteiger partial charge in [0.2, 0.25) is 0 Å². The summed E-state index contributed by atoms with van der Waals surface area (Å²) in [6.45, 7) is 0.359. The van der Waals surface area contributed by atoms with E-state index in [1.165, 1.54) is 0 Å². The van der Waals surface area contributed by atoms with Crippen molar-refractivity contribution >= 4 is 33.3 Å². The number of hydrogen-bond donors (Lipinski definition) is 2. The van der Waals surface area contributed by atoms with E-state index in [1.807, 2.05) is 30.3 Å². The molecule has 0 radical (unpaired) electrons. The fourth-order valence-corrected chi connectivity index (χ4v) is 2.03. The van der Waals surface area contributed by atoms with E-state index in [2.05, 4.69) is 26.2 Å². The quantitative estimate of drug-likeness (QED) is 0.901. The number of anilines is 1. The van der Waals surface area contributed by atoms with Crippen molar-refractivity contribution < 1.29 is 5.11 Å². The van der Waals surface area contributed by atoms with E-state index < -0.39 is 6.10 Å². The van der Waals surface area contributed by atoms with Gasteiger partial charge in [-0.3, -0.25) is 0 Å². The molecule has 0 saturated heterocycles. The average Bonchev–Trinajstić information content (AvgIpc) is 2.38. The molecule has 0 aliphatic rings. The predicted octanol–water partition coefficient (Wildman–Crippen LogP) is 3.64. The summed E-state index contributed by atoms with van der Waals surface area (Å²) in [6, 6.07) is 11.0. The highest BCUT2D eigenvalue weighted by molar-refractivity contribution is 9.10. The minimum absolute atomic E-state index is 0.359. The van der Waals surface area contributed by atoms with E-state index in [1.54, 1.807) is 12.3 Å². The molecule has 3 nitrogen and oxygen atoms in total. The molecule has 18 heavy (non-hydrogen) atoms. The second-order valence-electron chi connectivity index (χ2n) is 3.78. The molecule has 0 spiro atoms. The van der Waals surface area contributed by atoms with Gasteiger partial charge in [0.15, 0.2) is 0 Å². The van der Waals surface area contributed by atoms with Crippen molar-refractivity contribution in [3.8, 4) is 0 Å². The fourth-order valence-electron chi connectivity index (χ4n) is 1.54. The summed E-state index contributed by atoms with van der Waals surface area (Å²) in [6.07, 6.45) is 1.04. The van der Waals surface area contributed by atoms with Crippen molar-refractivity contribution in [1.29, 1.82) is 0 Å². The number of nitrogens with one attached hydrogen (secondary N) is 1. The number of aromatic nitrogens is 1. The van der Waals surface area contributed by atoms with E-state index in [4.69, 9.17) is 11.6 Å². The molecular weight excluding hydrogens is 316 g/mol. The lowest BCUT2D eigenvalue weighted by Crippen LogP contribution is -2.13. The molecule has 2 aromatic rings. The van der Waals surface area contributed by atoms with Crippen LogP contribution in [0, 0.1) is 0 Å². The van der Waals surface area contributed by atoms with Crippen LogP contribution in [-0.4, -0.2) is 16.6 Å². The van der Waals surface area contributed by atoms with Crippen LogP contribution in [0.15, 0.2) is 47.1 Å². The zero-order valence-corrected chi connectivity index (χ0v) is 11.8. The van der Waals surface area contributed by atoms with Gasteiger partial charge in [0.1, 0.15) is 5.82 Å². The van der Waals surface area contributed by atoms with Crippen molar-refractivity contribution in [2.75, 3.05) is 11.9 Å². The third kappa shape index (κ3) is 3.45. The number of nitrogens with zero attached hydrogens (tertiary/aromatic N) is 1. The van der Waals surface area contributed by atoms with Crippen molar-refractivity contribution in [2.24, 2.45) is 0 Å². The van der Waals surface area contributed by atoms with Gasteiger partial charge >= 0.3 is 0 Å². The fraction of sp³-hybridized carbons (Fsp3) is 0.154. The largest absolute Gasteiger partial charge is 0.387 e. The summed E-state index contributed by atoms with van der Waals surface area (Å²) in [4.78, 5) is 4.16. The summed E-state index contributed by atoms with van der Waals surface area (Å²) in [5, 5.41) is 13.7. The van der Waals surface area contributed by atoms with Crippen molar-refractivity contribution in [3.05, 3.63) is 57.7 Å². The maximum atomic E-state index is 10.0. The van der Waals surface area contributed by atoms with Crippen LogP contribution in [0.4, 0.5) is 5.82 Å². The zero-order valence-electron chi connectivity index (χ0n) is 9.48. The lowest BCUT2D eigenvalue weighted by Gasteiger charge is -2.13. The maximum absolute atomic E-state index is 10.0. The van der Waals surface area contributed by atoms with Crippen LogP contribution in [0.1, 0.15) is 11.7 Å². The van der Waals surface area contributed by atoms with Crippen LogP contribution < -0.4 is 5.32 Å². The number of aliphatic hydroxyl groups is 1. The molecule has 0 aliphatic heterocycles. The number of aliphatic hydroxyl groups excluding tert-OH is 1. The van der Waals surface area contributed by atoms with E-state index in [0.29, 0.717) is 22.9 Å². The molecular formula is C13H12BrClN2O. The minimum Gasteiger partial charge on any atom is -0.387 e. The molecule has 2 N–H and O–H groups in total. The third-order valence-electron chi connectivity index (χ3n) is 2.47. The Morgan fingerprint density at radius 1 is 1.28 bits per heavy atom. The second kappa shape index (κ2) is 6.18. The van der Waals surface area contributed by atoms with Gasteiger partial charge in [-0.2, -0.15) is 0 Å². The molecule has 94 valence electrons. The number of hydrogen-bond acceptors (Lipinski definition) is 3. The van der Waals surface area contributed by atoms with Gasteiger partial charge in [-0.25, -0.2) is 4.98 Å². The molecule has 1 atom stereocenters. The molecule has 0 aliphatic carbocycles. The minimum atomic E-state index is -0.663. The lowest BCUT2D eigenvalue weighted by molar-refractivity contribution is 0.191. The zero-order chi connectivity index (χ0) is 13.0. The Labute approximate surface area is 119 Å². The summed E-state index contributed by atoms with van der Waals surface area (Å²) >= 11 is 9.33. The number of rotatable bonds is 4. The second-order valence-corrected chi connectivity index (χ2v) is 5.10. The maximum Gasteiger partial charge on any atom is 0.126 e. The van der Waals surface area contributed by atoms with Gasteiger partial charge < -0.3 is 10.4 Å². The highest BCUT2D eigenvalue weighted by Crippen LogP contribution is 2.22. The SMILES string of the molecule is OC(CNc1ccc(Br)cn1)c1ccccc1Cl. The average molecular weight is 328 g/mol. The number of halogens is 2. The summed E-state index contributed by atoms with van der Waals surface area (Å²) < 4.78 is 0.916. The normalized spacial score (nSPS) is 12.2. The lowest BCUT2D eigenvalue weighted by atomic mass is 10.1. The van der Waals surface area contributed by atoms with Crippen LogP contribution in [0.2, 0.25) is 5.02 Å². The molecule has 0 bridgehead atoms. The van der Waals surface area contributed by atoms with Crippen LogP contribution in [-0.2, 0) is 0 Å². The Hall–Kier alpha value is -1.10. The Morgan fingerprint density at radius 2 is 2.06 bits per heavy atom. The summed E-state index contributed by atoms with van der Waals surface area (Å²) in [5.74, 6) is 0.712. The Balaban J connectivity index is 1.98. The molecule has 0 fully saturated rings. The topological polar surface area (TPSA) is 45.1 Å². The smallest absolute Gasteiger partial charge is 0.126 e. The van der Waals surface area contributed by atoms with Gasteiger partial charge in [0.25, 0.3) is 0 Å². The number of benzene rings is 1. The van der Waals surface area contributed by atoms with Crippen molar-refractivity contribution in [1.82, 2.24) is 4.98 Å².